The van der Waals surface area contributed by atoms with E-state index in [1.165, 1.54) is 0 Å². The van der Waals surface area contributed by atoms with E-state index in [9.17, 15) is 0 Å². The summed E-state index contributed by atoms with van der Waals surface area (Å²) < 4.78 is 7.26. The summed E-state index contributed by atoms with van der Waals surface area (Å²) in [6.45, 7) is 2.54. The molecule has 0 fully saturated rings. The van der Waals surface area contributed by atoms with Crippen LogP contribution in [0.3, 0.4) is 0 Å². The molecule has 0 aliphatic carbocycles. The predicted octanol–water partition coefficient (Wildman–Crippen LogP) is 2.63. The van der Waals surface area contributed by atoms with Crippen LogP contribution in [0.25, 0.3) is 11.0 Å². The molecular formula is C10H11ClN2O. The van der Waals surface area contributed by atoms with E-state index in [0.717, 1.165) is 11.0 Å². The van der Waals surface area contributed by atoms with Crippen LogP contribution in [-0.2, 0) is 7.05 Å². The molecule has 0 aliphatic rings. The maximum Gasteiger partial charge on any atom is 0.297 e. The highest BCUT2D eigenvalue weighted by atomic mass is 35.5. The smallest absolute Gasteiger partial charge is 0.297 e. The third-order valence-corrected chi connectivity index (χ3v) is 2.40. The van der Waals surface area contributed by atoms with Crippen molar-refractivity contribution in [2.45, 2.75) is 6.92 Å². The summed E-state index contributed by atoms with van der Waals surface area (Å²) in [5.41, 5.74) is 1.78. The fourth-order valence-corrected chi connectivity index (χ4v) is 1.63. The molecule has 1 heterocycles. The Morgan fingerprint density at radius 3 is 2.93 bits per heavy atom. The molecule has 2 rings (SSSR count). The van der Waals surface area contributed by atoms with Gasteiger partial charge < -0.3 is 4.74 Å². The second-order valence-electron chi connectivity index (χ2n) is 2.99. The number of hydrogen-bond acceptors (Lipinski definition) is 2. The van der Waals surface area contributed by atoms with Gasteiger partial charge in [-0.3, -0.25) is 4.57 Å². The molecule has 3 nitrogen and oxygen atoms in total. The largest absolute Gasteiger partial charge is 0.465 e. The Balaban J connectivity index is 2.67. The number of imidazole rings is 1. The third kappa shape index (κ3) is 1.34. The lowest BCUT2D eigenvalue weighted by atomic mass is 10.3. The van der Waals surface area contributed by atoms with Crippen molar-refractivity contribution in [3.63, 3.8) is 0 Å². The lowest BCUT2D eigenvalue weighted by molar-refractivity contribution is 0.304. The Kier molecular flexibility index (Phi) is 2.33. The average Bonchev–Trinajstić information content (AvgIpc) is 2.48. The summed E-state index contributed by atoms with van der Waals surface area (Å²) >= 11 is 6.01. The summed E-state index contributed by atoms with van der Waals surface area (Å²) in [6.07, 6.45) is 0. The molecule has 0 amide bonds. The van der Waals surface area contributed by atoms with E-state index in [-0.39, 0.29) is 0 Å². The molecular weight excluding hydrogens is 200 g/mol. The first-order chi connectivity index (χ1) is 6.74. The minimum Gasteiger partial charge on any atom is -0.465 e. The molecule has 0 saturated heterocycles. The first-order valence-corrected chi connectivity index (χ1v) is 4.85. The molecule has 0 N–H and O–H groups in total. The monoisotopic (exact) mass is 210 g/mol. The molecule has 4 heteroatoms. The number of rotatable bonds is 2. The zero-order chi connectivity index (χ0) is 10.1. The molecule has 0 aliphatic heterocycles. The SMILES string of the molecule is CCOc1nc2c(Cl)cccc2n1C. The van der Waals surface area contributed by atoms with E-state index < -0.39 is 0 Å². The summed E-state index contributed by atoms with van der Waals surface area (Å²) in [6, 6.07) is 6.31. The maximum atomic E-state index is 6.01. The lowest BCUT2D eigenvalue weighted by Crippen LogP contribution is -1.98. The average molecular weight is 211 g/mol. The van der Waals surface area contributed by atoms with Crippen LogP contribution in [0.15, 0.2) is 18.2 Å². The highest BCUT2D eigenvalue weighted by Crippen LogP contribution is 2.25. The number of ether oxygens (including phenoxy) is 1. The number of para-hydroxylation sites is 1. The fraction of sp³-hybridized carbons (Fsp3) is 0.300. The normalized spacial score (nSPS) is 10.8. The zero-order valence-corrected chi connectivity index (χ0v) is 8.88. The molecule has 0 spiro atoms. The number of nitrogens with zero attached hydrogens (tertiary/aromatic N) is 2. The van der Waals surface area contributed by atoms with Crippen molar-refractivity contribution >= 4 is 22.6 Å². The zero-order valence-electron chi connectivity index (χ0n) is 8.12. The first kappa shape index (κ1) is 9.34. The summed E-state index contributed by atoms with van der Waals surface area (Å²) in [4.78, 5) is 4.31. The van der Waals surface area contributed by atoms with Gasteiger partial charge in [0, 0.05) is 7.05 Å². The second kappa shape index (κ2) is 3.50. The number of hydrogen-bond donors (Lipinski definition) is 0. The minimum atomic E-state index is 0.606. The molecule has 74 valence electrons. The van der Waals surface area contributed by atoms with Crippen LogP contribution >= 0.6 is 11.6 Å². The van der Waals surface area contributed by atoms with E-state index in [1.807, 2.05) is 36.7 Å². The van der Waals surface area contributed by atoms with Crippen LogP contribution in [-0.4, -0.2) is 16.2 Å². The number of aromatic nitrogens is 2. The Hall–Kier alpha value is -1.22. The Morgan fingerprint density at radius 1 is 1.50 bits per heavy atom. The minimum absolute atomic E-state index is 0.606. The van der Waals surface area contributed by atoms with Crippen molar-refractivity contribution in [3.8, 4) is 6.01 Å². The van der Waals surface area contributed by atoms with Crippen LogP contribution < -0.4 is 4.74 Å². The van der Waals surface area contributed by atoms with E-state index in [2.05, 4.69) is 4.98 Å². The molecule has 0 atom stereocenters. The summed E-state index contributed by atoms with van der Waals surface area (Å²) in [7, 11) is 1.91. The van der Waals surface area contributed by atoms with E-state index >= 15 is 0 Å². The first-order valence-electron chi connectivity index (χ1n) is 4.47. The molecule has 2 aromatic rings. The molecule has 1 aromatic heterocycles. The van der Waals surface area contributed by atoms with Gasteiger partial charge in [0.15, 0.2) is 0 Å². The molecule has 0 bridgehead atoms. The van der Waals surface area contributed by atoms with Gasteiger partial charge in [-0.1, -0.05) is 17.7 Å². The highest BCUT2D eigenvalue weighted by Gasteiger charge is 2.09. The van der Waals surface area contributed by atoms with Gasteiger partial charge in [-0.25, -0.2) is 0 Å². The second-order valence-corrected chi connectivity index (χ2v) is 3.40. The van der Waals surface area contributed by atoms with E-state index in [1.54, 1.807) is 0 Å². The molecule has 1 aromatic carbocycles. The van der Waals surface area contributed by atoms with Crippen LogP contribution in [0, 0.1) is 0 Å². The van der Waals surface area contributed by atoms with Crippen molar-refractivity contribution < 1.29 is 4.74 Å². The Morgan fingerprint density at radius 2 is 2.29 bits per heavy atom. The number of aryl methyl sites for hydroxylation is 1. The summed E-state index contributed by atoms with van der Waals surface area (Å²) in [5, 5.41) is 0.657. The van der Waals surface area contributed by atoms with Gasteiger partial charge in [0.1, 0.15) is 5.52 Å². The van der Waals surface area contributed by atoms with Crippen LogP contribution in [0.5, 0.6) is 6.01 Å². The maximum absolute atomic E-state index is 6.01. The van der Waals surface area contributed by atoms with Gasteiger partial charge in [0.2, 0.25) is 0 Å². The van der Waals surface area contributed by atoms with Crippen LogP contribution in [0.1, 0.15) is 6.92 Å². The van der Waals surface area contributed by atoms with Gasteiger partial charge >= 0.3 is 0 Å². The third-order valence-electron chi connectivity index (χ3n) is 2.09. The van der Waals surface area contributed by atoms with E-state index in [4.69, 9.17) is 16.3 Å². The van der Waals surface area contributed by atoms with Gasteiger partial charge in [-0.15, -0.1) is 0 Å². The molecule has 0 radical (unpaired) electrons. The number of fused-ring (bicyclic) bond motifs is 1. The predicted molar refractivity (Wildman–Crippen MR) is 56.9 cm³/mol. The van der Waals surface area contributed by atoms with Crippen molar-refractivity contribution in [1.29, 1.82) is 0 Å². The standard InChI is InChI=1S/C10H11ClN2O/c1-3-14-10-12-9-7(11)5-4-6-8(9)13(10)2/h4-6H,3H2,1-2H3. The summed E-state index contributed by atoms with van der Waals surface area (Å²) in [5.74, 6) is 0. The van der Waals surface area contributed by atoms with E-state index in [0.29, 0.717) is 17.6 Å². The van der Waals surface area contributed by atoms with Crippen molar-refractivity contribution in [2.75, 3.05) is 6.61 Å². The fourth-order valence-electron chi connectivity index (χ4n) is 1.42. The van der Waals surface area contributed by atoms with Gasteiger partial charge in [0.25, 0.3) is 6.01 Å². The van der Waals surface area contributed by atoms with Crippen molar-refractivity contribution in [1.82, 2.24) is 9.55 Å². The van der Waals surface area contributed by atoms with Crippen LogP contribution in [0.4, 0.5) is 0 Å². The molecule has 0 unspecified atom stereocenters. The van der Waals surface area contributed by atoms with Gasteiger partial charge in [-0.05, 0) is 19.1 Å². The van der Waals surface area contributed by atoms with Gasteiger partial charge in [-0.2, -0.15) is 4.98 Å². The van der Waals surface area contributed by atoms with Crippen molar-refractivity contribution in [3.05, 3.63) is 23.2 Å². The number of halogens is 1. The Labute approximate surface area is 87.3 Å². The number of benzene rings is 1. The van der Waals surface area contributed by atoms with Gasteiger partial charge in [0.05, 0.1) is 17.1 Å². The Bertz CT molecular complexity index is 464. The molecule has 14 heavy (non-hydrogen) atoms. The topological polar surface area (TPSA) is 27.1 Å². The van der Waals surface area contributed by atoms with Crippen molar-refractivity contribution in [2.24, 2.45) is 7.05 Å². The lowest BCUT2D eigenvalue weighted by Gasteiger charge is -2.00. The highest BCUT2D eigenvalue weighted by molar-refractivity contribution is 6.34. The molecule has 0 saturated carbocycles. The van der Waals surface area contributed by atoms with Crippen LogP contribution in [0.2, 0.25) is 5.02 Å². The quantitative estimate of drug-likeness (QED) is 0.762.